The summed E-state index contributed by atoms with van der Waals surface area (Å²) in [4.78, 5) is 0. The van der Waals surface area contributed by atoms with Crippen LogP contribution in [0.15, 0.2) is 78.2 Å². The average molecular weight is 560 g/mol. The van der Waals surface area contributed by atoms with Crippen LogP contribution in [0.1, 0.15) is 58.6 Å². The van der Waals surface area contributed by atoms with Crippen molar-refractivity contribution in [1.29, 1.82) is 0 Å². The third-order valence-electron chi connectivity index (χ3n) is 5.78. The van der Waals surface area contributed by atoms with Gasteiger partial charge in [-0.25, -0.2) is 9.40 Å². The van der Waals surface area contributed by atoms with E-state index in [9.17, 15) is 4.39 Å². The third kappa shape index (κ3) is 10.5. The molecule has 1 aliphatic rings. The first-order chi connectivity index (χ1) is 18.6. The van der Waals surface area contributed by atoms with Crippen molar-refractivity contribution in [2.24, 2.45) is 16.8 Å². The Labute approximate surface area is 235 Å². The van der Waals surface area contributed by atoms with E-state index in [1.165, 1.54) is 13.0 Å². The van der Waals surface area contributed by atoms with Gasteiger partial charge in [0.2, 0.25) is 5.85 Å². The Morgan fingerprint density at radius 3 is 2.41 bits per heavy atom. The number of amidine groups is 1. The summed E-state index contributed by atoms with van der Waals surface area (Å²) in [5.41, 5.74) is 8.61. The lowest BCUT2D eigenvalue weighted by atomic mass is 10.0. The number of hydrogen-bond acceptors (Lipinski definition) is 4. The molecular weight excluding hydrogens is 515 g/mol. The van der Waals surface area contributed by atoms with E-state index >= 15 is 4.39 Å². The van der Waals surface area contributed by atoms with Gasteiger partial charge in [-0.2, -0.15) is 9.49 Å². The number of hydrazone groups is 1. The molecule has 0 saturated heterocycles. The summed E-state index contributed by atoms with van der Waals surface area (Å²) in [7, 11) is 2.42. The van der Waals surface area contributed by atoms with E-state index in [0.717, 1.165) is 12.0 Å². The molecule has 0 radical (unpaired) electrons. The van der Waals surface area contributed by atoms with Crippen LogP contribution >= 0.6 is 9.24 Å². The van der Waals surface area contributed by atoms with Crippen LogP contribution in [0.5, 0.6) is 11.5 Å². The Bertz CT molecular complexity index is 1150. The summed E-state index contributed by atoms with van der Waals surface area (Å²) < 4.78 is 41.1. The van der Waals surface area contributed by atoms with Crippen LogP contribution < -0.4 is 15.2 Å². The van der Waals surface area contributed by atoms with Gasteiger partial charge in [0.25, 0.3) is 0 Å². The number of hydrogen-bond donors (Lipinski definition) is 1. The second-order valence-corrected chi connectivity index (χ2v) is 8.82. The van der Waals surface area contributed by atoms with Crippen LogP contribution in [-0.2, 0) is 0 Å². The molecule has 3 rings (SSSR count). The summed E-state index contributed by atoms with van der Waals surface area (Å²) >= 11 is 0. The lowest BCUT2D eigenvalue weighted by Gasteiger charge is -2.23. The smallest absolute Gasteiger partial charge is 0.248 e. The zero-order valence-corrected chi connectivity index (χ0v) is 25.5. The Morgan fingerprint density at radius 1 is 1.18 bits per heavy atom. The molecule has 2 aromatic rings. The Morgan fingerprint density at radius 2 is 1.82 bits per heavy atom. The number of alkyl halides is 1. The highest BCUT2D eigenvalue weighted by Crippen LogP contribution is 2.31. The van der Waals surface area contributed by atoms with E-state index in [2.05, 4.69) is 20.9 Å². The van der Waals surface area contributed by atoms with Crippen molar-refractivity contribution < 1.29 is 18.3 Å². The van der Waals surface area contributed by atoms with Crippen LogP contribution in [0, 0.1) is 18.7 Å². The molecule has 1 aliphatic heterocycles. The summed E-state index contributed by atoms with van der Waals surface area (Å²) in [6.07, 6.45) is 5.95. The maximum atomic E-state index is 15.2. The minimum Gasteiger partial charge on any atom is -0.490 e. The quantitative estimate of drug-likeness (QED) is 0.181. The predicted octanol–water partition coefficient (Wildman–Crippen LogP) is 8.23. The molecular formula is C31H44F2N3O2P. The molecule has 2 N–H and O–H groups in total. The lowest BCUT2D eigenvalue weighted by Crippen LogP contribution is -2.28. The Hall–Kier alpha value is -3.18. The second kappa shape index (κ2) is 16.7. The molecule has 0 bridgehead atoms. The number of ether oxygens (including phenoxy) is 2. The predicted molar refractivity (Wildman–Crippen MR) is 164 cm³/mol. The second-order valence-electron chi connectivity index (χ2n) is 8.82. The van der Waals surface area contributed by atoms with E-state index in [4.69, 9.17) is 15.2 Å². The van der Waals surface area contributed by atoms with E-state index < -0.39 is 11.7 Å². The van der Waals surface area contributed by atoms with Crippen molar-refractivity contribution in [3.8, 4) is 11.5 Å². The van der Waals surface area contributed by atoms with Crippen molar-refractivity contribution >= 4 is 20.6 Å². The van der Waals surface area contributed by atoms with Crippen molar-refractivity contribution in [2.45, 2.75) is 60.2 Å². The molecule has 0 spiro atoms. The molecule has 3 atom stereocenters. The molecule has 0 aliphatic carbocycles. The summed E-state index contributed by atoms with van der Waals surface area (Å²) in [6, 6.07) is 12.0. The molecule has 214 valence electrons. The first-order valence-electron chi connectivity index (χ1n) is 13.3. The zero-order chi connectivity index (χ0) is 29.6. The highest BCUT2D eigenvalue weighted by Gasteiger charge is 2.26. The number of nitrogens with two attached hydrogens (primary N) is 1. The maximum absolute atomic E-state index is 15.2. The van der Waals surface area contributed by atoms with Gasteiger partial charge in [-0.05, 0) is 49.3 Å². The number of halogens is 2. The van der Waals surface area contributed by atoms with Crippen molar-refractivity contribution in [1.82, 2.24) is 5.01 Å². The van der Waals surface area contributed by atoms with Gasteiger partial charge in [0.05, 0.1) is 18.7 Å². The van der Waals surface area contributed by atoms with Gasteiger partial charge in [0.15, 0.2) is 11.6 Å². The van der Waals surface area contributed by atoms with E-state index in [-0.39, 0.29) is 24.7 Å². The monoisotopic (exact) mass is 559 g/mol. The van der Waals surface area contributed by atoms with Gasteiger partial charge in [0.1, 0.15) is 11.6 Å². The van der Waals surface area contributed by atoms with E-state index in [1.807, 2.05) is 53.4 Å². The fourth-order valence-corrected chi connectivity index (χ4v) is 3.33. The molecule has 0 amide bonds. The highest BCUT2D eigenvalue weighted by molar-refractivity contribution is 7.15. The van der Waals surface area contributed by atoms with Crippen molar-refractivity contribution in [2.75, 3.05) is 13.3 Å². The molecule has 0 fully saturated rings. The summed E-state index contributed by atoms with van der Waals surface area (Å²) in [5, 5.41) is 5.95. The van der Waals surface area contributed by atoms with Crippen molar-refractivity contribution in [3.05, 3.63) is 90.0 Å². The molecule has 8 heteroatoms. The number of allylic oxidation sites excluding steroid dienone is 3. The fraction of sp³-hybridized carbons (Fsp3) is 0.387. The van der Waals surface area contributed by atoms with Gasteiger partial charge >= 0.3 is 0 Å². The van der Waals surface area contributed by atoms with Crippen LogP contribution in [0.3, 0.4) is 0 Å². The van der Waals surface area contributed by atoms with Gasteiger partial charge in [-0.1, -0.05) is 70.8 Å². The van der Waals surface area contributed by atoms with Gasteiger partial charge in [0, 0.05) is 24.6 Å². The van der Waals surface area contributed by atoms with Crippen LogP contribution in [0.4, 0.5) is 8.78 Å². The van der Waals surface area contributed by atoms with Gasteiger partial charge in [-0.15, -0.1) is 9.24 Å². The molecule has 2 aromatic carbocycles. The fourth-order valence-electron chi connectivity index (χ4n) is 3.33. The first-order valence-corrected chi connectivity index (χ1v) is 14.4. The number of nitrogens with zero attached hydrogens (tertiary/aromatic N) is 2. The minimum atomic E-state index is -1.96. The maximum Gasteiger partial charge on any atom is 0.248 e. The molecule has 5 nitrogen and oxygen atoms in total. The third-order valence-corrected chi connectivity index (χ3v) is 5.78. The molecule has 1 heterocycles. The molecule has 3 unspecified atom stereocenters. The average Bonchev–Trinajstić information content (AvgIpc) is 2.93. The zero-order valence-electron chi connectivity index (χ0n) is 24.3. The normalized spacial score (nSPS) is 15.1. The van der Waals surface area contributed by atoms with Crippen LogP contribution in [-0.4, -0.2) is 30.0 Å². The molecule has 39 heavy (non-hydrogen) atoms. The van der Waals surface area contributed by atoms with E-state index in [0.29, 0.717) is 28.4 Å². The van der Waals surface area contributed by atoms with Gasteiger partial charge < -0.3 is 15.2 Å². The molecule has 0 saturated carbocycles. The SMILES string of the molecule is C=C1C=C(c2cccc(OCCC(C)(F)Oc3ccc(C)cc3)c2F)C=CN1/N=C(/N)C(C)CC.CC.CP. The van der Waals surface area contributed by atoms with E-state index in [1.54, 1.807) is 47.6 Å². The Balaban J connectivity index is 0.00000181. The minimum absolute atomic E-state index is 0.0370. The largest absolute Gasteiger partial charge is 0.490 e. The molecule has 0 aromatic heterocycles. The standard InChI is InChI=1S/C28H33F2N3O2.C2H6.CH5P/c1-6-20(3)27(31)32-33-16-14-22(18-21(33)4)24-8-7-9-25(26(24)29)34-17-15-28(5,30)35-23-12-10-19(2)11-13-23;2*1-2/h7-14,16,18,20H,4,6,15,17H2,1-3,5H3,(H2,31,32);1-2H3;2H2,1H3. The van der Waals surface area contributed by atoms with Crippen LogP contribution in [0.2, 0.25) is 0 Å². The number of rotatable bonds is 10. The Kier molecular flexibility index (Phi) is 14.5. The first kappa shape index (κ1) is 33.8. The summed E-state index contributed by atoms with van der Waals surface area (Å²) in [6.45, 7) is 17.2. The summed E-state index contributed by atoms with van der Waals surface area (Å²) in [5.74, 6) is -1.39. The number of benzene rings is 2. The van der Waals surface area contributed by atoms with Crippen molar-refractivity contribution in [3.63, 3.8) is 0 Å². The van der Waals surface area contributed by atoms with Gasteiger partial charge in [-0.3, -0.25) is 0 Å². The van der Waals surface area contributed by atoms with Crippen LogP contribution in [0.25, 0.3) is 5.57 Å². The lowest BCUT2D eigenvalue weighted by molar-refractivity contribution is -0.0592. The highest BCUT2D eigenvalue weighted by atomic mass is 31.0. The topological polar surface area (TPSA) is 60.1 Å². The number of aryl methyl sites for hydroxylation is 1.